The molecule has 4 rings (SSSR count). The third-order valence-electron chi connectivity index (χ3n) is 5.79. The molecule has 0 spiro atoms. The largest absolute Gasteiger partial charge is 0.494 e. The summed E-state index contributed by atoms with van der Waals surface area (Å²) in [4.78, 5) is 2.39. The quantitative estimate of drug-likeness (QED) is 0.872. The van der Waals surface area contributed by atoms with Gasteiger partial charge in [0.1, 0.15) is 11.2 Å². The Balaban J connectivity index is 1.95. The third-order valence-corrected chi connectivity index (χ3v) is 5.79. The molecular weight excluding hydrogens is 310 g/mol. The number of fused-ring (bicyclic) bond motifs is 3. The first kappa shape index (κ1) is 15.8. The van der Waals surface area contributed by atoms with E-state index in [4.69, 9.17) is 10.5 Å². The van der Waals surface area contributed by atoms with E-state index in [1.54, 1.807) is 7.11 Å². The molecular formula is C21H23N3O. The van der Waals surface area contributed by atoms with Crippen molar-refractivity contribution in [3.05, 3.63) is 53.1 Å². The SMILES string of the molecule is COc1c(C)cc2c(c1N)[C@@](C#N)(Cc1ccccc1)[C@H]1CCCN21. The van der Waals surface area contributed by atoms with Crippen LogP contribution in [0.15, 0.2) is 36.4 Å². The topological polar surface area (TPSA) is 62.3 Å². The molecule has 1 fully saturated rings. The van der Waals surface area contributed by atoms with Crippen LogP contribution < -0.4 is 15.4 Å². The van der Waals surface area contributed by atoms with Gasteiger partial charge in [-0.1, -0.05) is 30.3 Å². The lowest BCUT2D eigenvalue weighted by atomic mass is 9.71. The Morgan fingerprint density at radius 2 is 2.12 bits per heavy atom. The maximum absolute atomic E-state index is 10.4. The van der Waals surface area contributed by atoms with Crippen LogP contribution >= 0.6 is 0 Å². The third kappa shape index (κ3) is 2.12. The van der Waals surface area contributed by atoms with Gasteiger partial charge in [-0.15, -0.1) is 0 Å². The summed E-state index contributed by atoms with van der Waals surface area (Å²) in [6.07, 6.45) is 2.82. The standard InChI is InChI=1S/C21H23N3O/c1-14-11-16-18(19(23)20(14)25-2)21(13-22,17-9-6-10-24(16)17)12-15-7-4-3-5-8-15/h3-5,7-8,11,17H,6,9-10,12,23H2,1-2H3/t17-,21-/m1/s1. The summed E-state index contributed by atoms with van der Waals surface area (Å²) >= 11 is 0. The number of rotatable bonds is 3. The van der Waals surface area contributed by atoms with Gasteiger partial charge in [-0.25, -0.2) is 0 Å². The van der Waals surface area contributed by atoms with Crippen molar-refractivity contribution in [2.75, 3.05) is 24.3 Å². The molecule has 2 heterocycles. The van der Waals surface area contributed by atoms with Crippen molar-refractivity contribution in [1.29, 1.82) is 5.26 Å². The molecule has 0 saturated carbocycles. The summed E-state index contributed by atoms with van der Waals surface area (Å²) in [7, 11) is 1.65. The van der Waals surface area contributed by atoms with E-state index in [0.29, 0.717) is 17.9 Å². The lowest BCUT2D eigenvalue weighted by molar-refractivity contribution is 0.411. The average Bonchev–Trinajstić information content (AvgIpc) is 3.19. The predicted octanol–water partition coefficient (Wildman–Crippen LogP) is 3.57. The van der Waals surface area contributed by atoms with Crippen molar-refractivity contribution < 1.29 is 4.74 Å². The summed E-state index contributed by atoms with van der Waals surface area (Å²) < 4.78 is 5.56. The van der Waals surface area contributed by atoms with Gasteiger partial charge in [0, 0.05) is 17.8 Å². The summed E-state index contributed by atoms with van der Waals surface area (Å²) in [6.45, 7) is 3.01. The molecule has 2 aromatic rings. The lowest BCUT2D eigenvalue weighted by Gasteiger charge is -2.30. The molecule has 1 saturated heterocycles. The number of anilines is 2. The molecule has 0 aliphatic carbocycles. The van der Waals surface area contributed by atoms with E-state index >= 15 is 0 Å². The monoisotopic (exact) mass is 333 g/mol. The van der Waals surface area contributed by atoms with Gasteiger partial charge >= 0.3 is 0 Å². The normalized spacial score (nSPS) is 23.9. The van der Waals surface area contributed by atoms with Crippen molar-refractivity contribution in [2.24, 2.45) is 0 Å². The van der Waals surface area contributed by atoms with Crippen LogP contribution in [0.25, 0.3) is 0 Å². The van der Waals surface area contributed by atoms with Gasteiger partial charge in [0.05, 0.1) is 24.9 Å². The molecule has 4 nitrogen and oxygen atoms in total. The fourth-order valence-corrected chi connectivity index (χ4v) is 4.80. The van der Waals surface area contributed by atoms with Crippen LogP contribution in [0.4, 0.5) is 11.4 Å². The minimum atomic E-state index is -0.627. The second-order valence-electron chi connectivity index (χ2n) is 7.13. The number of hydrogen-bond donors (Lipinski definition) is 1. The number of benzene rings is 2. The number of nitrogens with two attached hydrogens (primary N) is 1. The average molecular weight is 333 g/mol. The lowest BCUT2D eigenvalue weighted by Crippen LogP contribution is -2.42. The Kier molecular flexibility index (Phi) is 3.61. The van der Waals surface area contributed by atoms with Crippen molar-refractivity contribution in [3.8, 4) is 11.8 Å². The van der Waals surface area contributed by atoms with E-state index in [2.05, 4.69) is 29.2 Å². The summed E-state index contributed by atoms with van der Waals surface area (Å²) in [5.74, 6) is 0.701. The summed E-state index contributed by atoms with van der Waals surface area (Å²) in [6, 6.07) is 15.3. The van der Waals surface area contributed by atoms with E-state index in [0.717, 1.165) is 36.2 Å². The maximum atomic E-state index is 10.4. The van der Waals surface area contributed by atoms with Gasteiger partial charge < -0.3 is 15.4 Å². The number of aryl methyl sites for hydroxylation is 1. The molecule has 0 radical (unpaired) electrons. The van der Waals surface area contributed by atoms with Gasteiger partial charge in [0.2, 0.25) is 0 Å². The van der Waals surface area contributed by atoms with E-state index in [9.17, 15) is 5.26 Å². The Morgan fingerprint density at radius 3 is 2.80 bits per heavy atom. The molecule has 2 aliphatic rings. The maximum Gasteiger partial charge on any atom is 0.145 e. The van der Waals surface area contributed by atoms with Gasteiger partial charge in [0.15, 0.2) is 0 Å². The zero-order valence-corrected chi connectivity index (χ0v) is 14.7. The number of hydrogen-bond acceptors (Lipinski definition) is 4. The van der Waals surface area contributed by atoms with Crippen LogP contribution in [0.1, 0.15) is 29.5 Å². The minimum absolute atomic E-state index is 0.182. The molecule has 2 aliphatic heterocycles. The van der Waals surface area contributed by atoms with E-state index in [-0.39, 0.29) is 6.04 Å². The number of methoxy groups -OCH3 is 1. The zero-order chi connectivity index (χ0) is 17.6. The van der Waals surface area contributed by atoms with Crippen LogP contribution in [0.2, 0.25) is 0 Å². The minimum Gasteiger partial charge on any atom is -0.494 e. The van der Waals surface area contributed by atoms with Gasteiger partial charge in [-0.05, 0) is 43.4 Å². The molecule has 4 heteroatoms. The summed E-state index contributed by atoms with van der Waals surface area (Å²) in [5, 5.41) is 10.4. The van der Waals surface area contributed by atoms with Crippen molar-refractivity contribution in [1.82, 2.24) is 0 Å². The predicted molar refractivity (Wildman–Crippen MR) is 99.9 cm³/mol. The number of ether oxygens (including phenoxy) is 1. The summed E-state index contributed by atoms with van der Waals surface area (Å²) in [5.41, 5.74) is 10.8. The highest BCUT2D eigenvalue weighted by atomic mass is 16.5. The smallest absolute Gasteiger partial charge is 0.145 e. The van der Waals surface area contributed by atoms with E-state index < -0.39 is 5.41 Å². The highest BCUT2D eigenvalue weighted by Crippen LogP contribution is 2.55. The van der Waals surface area contributed by atoms with Crippen LogP contribution in [-0.4, -0.2) is 19.7 Å². The van der Waals surface area contributed by atoms with Gasteiger partial charge in [-0.3, -0.25) is 0 Å². The van der Waals surface area contributed by atoms with Gasteiger partial charge in [-0.2, -0.15) is 5.26 Å². The van der Waals surface area contributed by atoms with Crippen LogP contribution in [0.3, 0.4) is 0 Å². The fraction of sp³-hybridized carbons (Fsp3) is 0.381. The molecule has 128 valence electrons. The second kappa shape index (κ2) is 5.70. The Morgan fingerprint density at radius 1 is 1.36 bits per heavy atom. The first-order valence-corrected chi connectivity index (χ1v) is 8.81. The number of nitrogen functional groups attached to an aromatic ring is 1. The number of nitrogens with zero attached hydrogens (tertiary/aromatic N) is 2. The molecule has 0 aromatic heterocycles. The Labute approximate surface area is 148 Å². The van der Waals surface area contributed by atoms with Crippen molar-refractivity contribution in [3.63, 3.8) is 0 Å². The molecule has 0 bridgehead atoms. The first-order valence-electron chi connectivity index (χ1n) is 8.81. The van der Waals surface area contributed by atoms with Crippen LogP contribution in [-0.2, 0) is 11.8 Å². The van der Waals surface area contributed by atoms with Crippen LogP contribution in [0, 0.1) is 18.3 Å². The van der Waals surface area contributed by atoms with E-state index in [1.165, 1.54) is 5.56 Å². The molecule has 25 heavy (non-hydrogen) atoms. The second-order valence-corrected chi connectivity index (χ2v) is 7.13. The highest BCUT2D eigenvalue weighted by Gasteiger charge is 2.54. The van der Waals surface area contributed by atoms with E-state index in [1.807, 2.05) is 25.1 Å². The molecule has 2 N–H and O–H groups in total. The van der Waals surface area contributed by atoms with Crippen LogP contribution in [0.5, 0.6) is 5.75 Å². The molecule has 0 unspecified atom stereocenters. The molecule has 0 amide bonds. The first-order chi connectivity index (χ1) is 12.1. The Bertz CT molecular complexity index is 856. The zero-order valence-electron chi connectivity index (χ0n) is 14.7. The van der Waals surface area contributed by atoms with Crippen molar-refractivity contribution in [2.45, 2.75) is 37.6 Å². The van der Waals surface area contributed by atoms with Crippen molar-refractivity contribution >= 4 is 11.4 Å². The highest BCUT2D eigenvalue weighted by molar-refractivity contribution is 5.81. The number of nitriles is 1. The molecule has 2 atom stereocenters. The Hall–Kier alpha value is -2.67. The molecule has 2 aromatic carbocycles. The van der Waals surface area contributed by atoms with Gasteiger partial charge in [0.25, 0.3) is 0 Å². The fourth-order valence-electron chi connectivity index (χ4n) is 4.80.